The highest BCUT2D eigenvalue weighted by molar-refractivity contribution is 5.92. The summed E-state index contributed by atoms with van der Waals surface area (Å²) in [5, 5.41) is 2.72. The summed E-state index contributed by atoms with van der Waals surface area (Å²) in [7, 11) is 1.83. The van der Waals surface area contributed by atoms with Crippen molar-refractivity contribution in [2.45, 2.75) is 25.0 Å². The molecule has 0 bridgehead atoms. The van der Waals surface area contributed by atoms with Gasteiger partial charge in [-0.3, -0.25) is 4.79 Å². The van der Waals surface area contributed by atoms with Crippen LogP contribution in [0.25, 0.3) is 0 Å². The Kier molecular flexibility index (Phi) is 4.33. The summed E-state index contributed by atoms with van der Waals surface area (Å²) in [6.07, 6.45) is 5.26. The number of halogens is 2. The predicted octanol–water partition coefficient (Wildman–Crippen LogP) is 1.74. The molecule has 1 N–H and O–H groups in total. The molecule has 0 unspecified atom stereocenters. The summed E-state index contributed by atoms with van der Waals surface area (Å²) in [5.74, 6) is -1.83. The molecule has 3 heterocycles. The predicted molar refractivity (Wildman–Crippen MR) is 76.5 cm³/mol. The minimum Gasteiger partial charge on any atom is -0.368 e. The number of aryl methyl sites for hydroxylation is 1. The highest BCUT2D eigenvalue weighted by Gasteiger charge is 2.32. The number of aromatic nitrogens is 3. The van der Waals surface area contributed by atoms with Gasteiger partial charge < -0.3 is 14.6 Å². The van der Waals surface area contributed by atoms with Gasteiger partial charge in [0.1, 0.15) is 17.7 Å². The molecule has 2 aromatic rings. The number of amides is 1. The van der Waals surface area contributed by atoms with Gasteiger partial charge in [0.15, 0.2) is 11.5 Å². The number of hydrogen-bond donors (Lipinski definition) is 1. The maximum Gasteiger partial charge on any atom is 0.273 e. The van der Waals surface area contributed by atoms with E-state index in [2.05, 4.69) is 15.3 Å². The Labute approximate surface area is 131 Å². The van der Waals surface area contributed by atoms with Crippen LogP contribution in [0.15, 0.2) is 24.7 Å². The largest absolute Gasteiger partial charge is 0.368 e. The van der Waals surface area contributed by atoms with Crippen molar-refractivity contribution in [1.82, 2.24) is 19.9 Å². The van der Waals surface area contributed by atoms with Crippen molar-refractivity contribution in [2.75, 3.05) is 6.61 Å². The number of carbonyl (C=O) groups excluding carboxylic acids is 1. The van der Waals surface area contributed by atoms with E-state index < -0.39 is 29.3 Å². The molecule has 1 aliphatic rings. The molecular weight excluding hydrogens is 306 g/mol. The van der Waals surface area contributed by atoms with Crippen LogP contribution in [-0.2, 0) is 11.8 Å². The van der Waals surface area contributed by atoms with Gasteiger partial charge in [-0.2, -0.15) is 0 Å². The summed E-state index contributed by atoms with van der Waals surface area (Å²) in [5.41, 5.74) is -0.435. The van der Waals surface area contributed by atoms with Crippen LogP contribution >= 0.6 is 0 Å². The number of pyridine rings is 1. The number of hydrogen-bond acceptors (Lipinski definition) is 4. The zero-order valence-electron chi connectivity index (χ0n) is 12.5. The first-order chi connectivity index (χ1) is 11.1. The second kappa shape index (κ2) is 6.41. The number of imidazole rings is 1. The summed E-state index contributed by atoms with van der Waals surface area (Å²) in [6, 6.07) is 0.277. The Bertz CT molecular complexity index is 719. The van der Waals surface area contributed by atoms with Crippen molar-refractivity contribution >= 4 is 5.91 Å². The van der Waals surface area contributed by atoms with Crippen LogP contribution in [-0.4, -0.2) is 33.1 Å². The number of carbonyl (C=O) groups is 1. The Hall–Kier alpha value is -2.35. The molecule has 1 amide bonds. The molecule has 122 valence electrons. The van der Waals surface area contributed by atoms with Gasteiger partial charge in [-0.05, 0) is 12.8 Å². The lowest BCUT2D eigenvalue weighted by Gasteiger charge is -2.31. The first-order valence-electron chi connectivity index (χ1n) is 7.27. The van der Waals surface area contributed by atoms with E-state index in [0.29, 0.717) is 24.9 Å². The van der Waals surface area contributed by atoms with E-state index in [9.17, 15) is 13.6 Å². The summed E-state index contributed by atoms with van der Waals surface area (Å²) in [6.45, 7) is 0.563. The Morgan fingerprint density at radius 3 is 2.96 bits per heavy atom. The zero-order chi connectivity index (χ0) is 16.4. The number of nitrogens with zero attached hydrogens (tertiary/aromatic N) is 3. The first-order valence-corrected chi connectivity index (χ1v) is 7.27. The molecule has 1 fully saturated rings. The lowest BCUT2D eigenvalue weighted by Crippen LogP contribution is -2.44. The molecule has 2 atom stereocenters. The normalized spacial score (nSPS) is 21.2. The Morgan fingerprint density at radius 2 is 2.26 bits per heavy atom. The molecule has 23 heavy (non-hydrogen) atoms. The average molecular weight is 322 g/mol. The first kappa shape index (κ1) is 15.5. The average Bonchev–Trinajstić information content (AvgIpc) is 2.93. The van der Waals surface area contributed by atoms with Crippen molar-refractivity contribution in [3.05, 3.63) is 47.8 Å². The van der Waals surface area contributed by atoms with E-state index in [1.165, 1.54) is 0 Å². The molecule has 1 aliphatic heterocycles. The topological polar surface area (TPSA) is 69.0 Å². The van der Waals surface area contributed by atoms with E-state index >= 15 is 0 Å². The molecular formula is C15H16F2N4O2. The number of nitrogens with one attached hydrogen (secondary N) is 1. The van der Waals surface area contributed by atoms with Crippen LogP contribution in [0.5, 0.6) is 0 Å². The third-order valence-corrected chi connectivity index (χ3v) is 3.77. The van der Waals surface area contributed by atoms with Crippen molar-refractivity contribution in [1.29, 1.82) is 0 Å². The smallest absolute Gasteiger partial charge is 0.273 e. The van der Waals surface area contributed by atoms with Crippen molar-refractivity contribution < 1.29 is 18.3 Å². The van der Waals surface area contributed by atoms with Crippen LogP contribution in [0, 0.1) is 11.6 Å². The maximum atomic E-state index is 13.7. The van der Waals surface area contributed by atoms with Crippen LogP contribution in [0.3, 0.4) is 0 Å². The number of ether oxygens (including phenoxy) is 1. The SMILES string of the molecule is Cn1ccnc1[C@H]1OCCC[C@@H]1NC(=O)c1ncc(F)cc1F. The number of rotatable bonds is 3. The fourth-order valence-electron chi connectivity index (χ4n) is 2.65. The fraction of sp³-hybridized carbons (Fsp3) is 0.400. The molecule has 0 aromatic carbocycles. The van der Waals surface area contributed by atoms with Gasteiger partial charge in [0.25, 0.3) is 5.91 Å². The van der Waals surface area contributed by atoms with Crippen molar-refractivity contribution in [2.24, 2.45) is 7.05 Å². The molecule has 0 radical (unpaired) electrons. The van der Waals surface area contributed by atoms with E-state index in [-0.39, 0.29) is 6.04 Å². The van der Waals surface area contributed by atoms with Gasteiger partial charge in [-0.15, -0.1) is 0 Å². The molecule has 3 rings (SSSR count). The third-order valence-electron chi connectivity index (χ3n) is 3.77. The highest BCUT2D eigenvalue weighted by Crippen LogP contribution is 2.27. The van der Waals surface area contributed by atoms with Gasteiger partial charge in [-0.25, -0.2) is 18.7 Å². The molecule has 0 saturated carbocycles. The summed E-state index contributed by atoms with van der Waals surface area (Å²) >= 11 is 0. The second-order valence-electron chi connectivity index (χ2n) is 5.39. The second-order valence-corrected chi connectivity index (χ2v) is 5.39. The summed E-state index contributed by atoms with van der Waals surface area (Å²) in [4.78, 5) is 20.0. The highest BCUT2D eigenvalue weighted by atomic mass is 19.1. The van der Waals surface area contributed by atoms with Gasteiger partial charge in [-0.1, -0.05) is 0 Å². The van der Waals surface area contributed by atoms with Crippen LogP contribution in [0.4, 0.5) is 8.78 Å². The van der Waals surface area contributed by atoms with E-state index in [0.717, 1.165) is 12.6 Å². The van der Waals surface area contributed by atoms with Crippen LogP contribution < -0.4 is 5.32 Å². The monoisotopic (exact) mass is 322 g/mol. The fourth-order valence-corrected chi connectivity index (χ4v) is 2.65. The molecule has 6 nitrogen and oxygen atoms in total. The van der Waals surface area contributed by atoms with E-state index in [4.69, 9.17) is 4.74 Å². The minimum atomic E-state index is -0.993. The molecule has 2 aromatic heterocycles. The zero-order valence-corrected chi connectivity index (χ0v) is 12.5. The van der Waals surface area contributed by atoms with Crippen molar-refractivity contribution in [3.8, 4) is 0 Å². The van der Waals surface area contributed by atoms with Gasteiger partial charge in [0.05, 0.1) is 12.2 Å². The van der Waals surface area contributed by atoms with Gasteiger partial charge >= 0.3 is 0 Å². The van der Waals surface area contributed by atoms with Gasteiger partial charge in [0.2, 0.25) is 0 Å². The third kappa shape index (κ3) is 3.21. The maximum absolute atomic E-state index is 13.7. The van der Waals surface area contributed by atoms with E-state index in [1.807, 2.05) is 11.6 Å². The Balaban J connectivity index is 1.79. The molecule has 0 spiro atoms. The van der Waals surface area contributed by atoms with E-state index in [1.54, 1.807) is 12.4 Å². The van der Waals surface area contributed by atoms with Crippen molar-refractivity contribution in [3.63, 3.8) is 0 Å². The van der Waals surface area contributed by atoms with Crippen LogP contribution in [0.1, 0.15) is 35.3 Å². The quantitative estimate of drug-likeness (QED) is 0.934. The molecule has 1 saturated heterocycles. The molecule has 8 heteroatoms. The van der Waals surface area contributed by atoms with Crippen LogP contribution in [0.2, 0.25) is 0 Å². The minimum absolute atomic E-state index is 0.358. The lowest BCUT2D eigenvalue weighted by atomic mass is 10.0. The summed E-state index contributed by atoms with van der Waals surface area (Å²) < 4.78 is 34.1. The molecule has 0 aliphatic carbocycles. The lowest BCUT2D eigenvalue weighted by molar-refractivity contribution is -0.0160. The Morgan fingerprint density at radius 1 is 1.43 bits per heavy atom. The van der Waals surface area contributed by atoms with Gasteiger partial charge in [0, 0.05) is 32.1 Å². The standard InChI is InChI=1S/C15H16F2N4O2/c1-21-5-4-18-14(21)13-11(3-2-6-23-13)20-15(22)12-10(17)7-9(16)8-19-12/h4-5,7-8,11,13H,2-3,6H2,1H3,(H,20,22)/t11-,13-/m0/s1.